The molecule has 96 valence electrons. The molecule has 1 atom stereocenters. The molecule has 0 radical (unpaired) electrons. The van der Waals surface area contributed by atoms with Crippen molar-refractivity contribution in [1.82, 2.24) is 5.32 Å². The van der Waals surface area contributed by atoms with Gasteiger partial charge >= 0.3 is 0 Å². The first-order chi connectivity index (χ1) is 8.15. The van der Waals surface area contributed by atoms with Gasteiger partial charge in [-0.05, 0) is 55.5 Å². The third kappa shape index (κ3) is 5.09. The van der Waals surface area contributed by atoms with Gasteiger partial charge in [-0.1, -0.05) is 19.1 Å². The standard InChI is InChI=1S/C14H22FNS/c1-4-17-9-5-8-16-12(3)13-7-6-11(2)14(15)10-13/h6-7,10,12,16H,4-5,8-9H2,1-3H3. The Morgan fingerprint density at radius 3 is 2.82 bits per heavy atom. The summed E-state index contributed by atoms with van der Waals surface area (Å²) in [4.78, 5) is 0. The summed E-state index contributed by atoms with van der Waals surface area (Å²) in [7, 11) is 0. The Hall–Kier alpha value is -0.540. The number of hydrogen-bond donors (Lipinski definition) is 1. The molecule has 0 aromatic heterocycles. The van der Waals surface area contributed by atoms with Gasteiger partial charge < -0.3 is 5.32 Å². The lowest BCUT2D eigenvalue weighted by molar-refractivity contribution is 0.562. The first-order valence-electron chi connectivity index (χ1n) is 6.22. The molecule has 1 rings (SSSR count). The van der Waals surface area contributed by atoms with Crippen LogP contribution in [-0.2, 0) is 0 Å². The van der Waals surface area contributed by atoms with Gasteiger partial charge in [-0.3, -0.25) is 0 Å². The quantitative estimate of drug-likeness (QED) is 0.741. The SMILES string of the molecule is CCSCCCNC(C)c1ccc(C)c(F)c1. The van der Waals surface area contributed by atoms with Crippen molar-refractivity contribution in [2.75, 3.05) is 18.1 Å². The third-order valence-corrected chi connectivity index (χ3v) is 3.80. The molecule has 1 unspecified atom stereocenters. The van der Waals surface area contributed by atoms with Crippen molar-refractivity contribution in [3.63, 3.8) is 0 Å². The molecule has 1 nitrogen and oxygen atoms in total. The largest absolute Gasteiger partial charge is 0.310 e. The zero-order valence-electron chi connectivity index (χ0n) is 10.9. The van der Waals surface area contributed by atoms with E-state index in [4.69, 9.17) is 0 Å². The van der Waals surface area contributed by atoms with Crippen molar-refractivity contribution >= 4 is 11.8 Å². The van der Waals surface area contributed by atoms with Crippen molar-refractivity contribution in [2.45, 2.75) is 33.2 Å². The van der Waals surface area contributed by atoms with Crippen molar-refractivity contribution in [3.8, 4) is 0 Å². The fourth-order valence-electron chi connectivity index (χ4n) is 1.63. The molecule has 0 saturated carbocycles. The second-order valence-electron chi connectivity index (χ2n) is 4.23. The molecule has 1 aromatic rings. The van der Waals surface area contributed by atoms with Gasteiger partial charge in [-0.2, -0.15) is 11.8 Å². The van der Waals surface area contributed by atoms with Crippen LogP contribution in [0.25, 0.3) is 0 Å². The van der Waals surface area contributed by atoms with Crippen LogP contribution in [0.4, 0.5) is 4.39 Å². The van der Waals surface area contributed by atoms with Crippen LogP contribution < -0.4 is 5.32 Å². The summed E-state index contributed by atoms with van der Waals surface area (Å²) in [5, 5.41) is 3.42. The predicted octanol–water partition coefficient (Wildman–Crippen LogP) is 3.93. The Morgan fingerprint density at radius 2 is 2.18 bits per heavy atom. The van der Waals surface area contributed by atoms with Gasteiger partial charge in [0.1, 0.15) is 5.82 Å². The molecule has 1 aromatic carbocycles. The topological polar surface area (TPSA) is 12.0 Å². The number of halogens is 1. The van der Waals surface area contributed by atoms with E-state index in [0.29, 0.717) is 5.56 Å². The van der Waals surface area contributed by atoms with Gasteiger partial charge in [0.2, 0.25) is 0 Å². The molecular weight excluding hydrogens is 233 g/mol. The van der Waals surface area contributed by atoms with Crippen LogP contribution in [0, 0.1) is 12.7 Å². The molecule has 0 bridgehead atoms. The summed E-state index contributed by atoms with van der Waals surface area (Å²) in [6.07, 6.45) is 1.16. The Morgan fingerprint density at radius 1 is 1.41 bits per heavy atom. The summed E-state index contributed by atoms with van der Waals surface area (Å²) in [5.41, 5.74) is 1.73. The summed E-state index contributed by atoms with van der Waals surface area (Å²) in [5.74, 6) is 2.26. The van der Waals surface area contributed by atoms with Crippen LogP contribution in [0.5, 0.6) is 0 Å². The third-order valence-electron chi connectivity index (χ3n) is 2.82. The zero-order chi connectivity index (χ0) is 12.7. The van der Waals surface area contributed by atoms with Gasteiger partial charge in [0.15, 0.2) is 0 Å². The Balaban J connectivity index is 2.36. The van der Waals surface area contributed by atoms with E-state index >= 15 is 0 Å². The second-order valence-corrected chi connectivity index (χ2v) is 5.63. The average Bonchev–Trinajstić information content (AvgIpc) is 2.32. The predicted molar refractivity (Wildman–Crippen MR) is 75.2 cm³/mol. The van der Waals surface area contributed by atoms with Crippen molar-refractivity contribution in [3.05, 3.63) is 35.1 Å². The second kappa shape index (κ2) is 7.72. The fraction of sp³-hybridized carbons (Fsp3) is 0.571. The maximum Gasteiger partial charge on any atom is 0.126 e. The lowest BCUT2D eigenvalue weighted by Gasteiger charge is -2.14. The van der Waals surface area contributed by atoms with Crippen molar-refractivity contribution < 1.29 is 4.39 Å². The van der Waals surface area contributed by atoms with Gasteiger partial charge in [-0.25, -0.2) is 4.39 Å². The minimum atomic E-state index is -0.113. The van der Waals surface area contributed by atoms with Gasteiger partial charge in [-0.15, -0.1) is 0 Å². The Kier molecular flexibility index (Phi) is 6.60. The highest BCUT2D eigenvalue weighted by Crippen LogP contribution is 2.16. The molecule has 0 aliphatic carbocycles. The van der Waals surface area contributed by atoms with E-state index in [9.17, 15) is 4.39 Å². The highest BCUT2D eigenvalue weighted by Gasteiger charge is 2.06. The summed E-state index contributed by atoms with van der Waals surface area (Å²) in [6, 6.07) is 5.69. The van der Waals surface area contributed by atoms with Crippen LogP contribution in [0.1, 0.15) is 37.4 Å². The molecule has 0 aliphatic heterocycles. The molecule has 0 aliphatic rings. The molecule has 0 fully saturated rings. The van der Waals surface area contributed by atoms with Crippen molar-refractivity contribution in [2.24, 2.45) is 0 Å². The molecule has 3 heteroatoms. The number of hydrogen-bond acceptors (Lipinski definition) is 2. The van der Waals surface area contributed by atoms with E-state index in [1.165, 1.54) is 11.5 Å². The Labute approximate surface area is 108 Å². The maximum atomic E-state index is 13.4. The number of nitrogens with one attached hydrogen (secondary N) is 1. The normalized spacial score (nSPS) is 12.7. The number of rotatable bonds is 7. The van der Waals surface area contributed by atoms with E-state index in [-0.39, 0.29) is 11.9 Å². The lowest BCUT2D eigenvalue weighted by Crippen LogP contribution is -2.20. The molecule has 1 N–H and O–H groups in total. The summed E-state index contributed by atoms with van der Waals surface area (Å²) in [6.45, 7) is 7.04. The monoisotopic (exact) mass is 255 g/mol. The van der Waals surface area contributed by atoms with E-state index in [1.54, 1.807) is 13.0 Å². The number of benzene rings is 1. The van der Waals surface area contributed by atoms with E-state index < -0.39 is 0 Å². The molecular formula is C14H22FNS. The highest BCUT2D eigenvalue weighted by atomic mass is 32.2. The summed E-state index contributed by atoms with van der Waals surface area (Å²) < 4.78 is 13.4. The minimum absolute atomic E-state index is 0.113. The van der Waals surface area contributed by atoms with Gasteiger partial charge in [0.25, 0.3) is 0 Å². The maximum absolute atomic E-state index is 13.4. The smallest absolute Gasteiger partial charge is 0.126 e. The van der Waals surface area contributed by atoms with Crippen LogP contribution in [0.2, 0.25) is 0 Å². The zero-order valence-corrected chi connectivity index (χ0v) is 11.7. The van der Waals surface area contributed by atoms with Gasteiger partial charge in [0.05, 0.1) is 0 Å². The van der Waals surface area contributed by atoms with Crippen LogP contribution in [-0.4, -0.2) is 18.1 Å². The molecule has 0 amide bonds. The fourth-order valence-corrected chi connectivity index (χ4v) is 2.27. The first kappa shape index (κ1) is 14.5. The van der Waals surface area contributed by atoms with Crippen LogP contribution in [0.3, 0.4) is 0 Å². The Bertz CT molecular complexity index is 341. The molecule has 17 heavy (non-hydrogen) atoms. The van der Waals surface area contributed by atoms with E-state index in [1.807, 2.05) is 23.9 Å². The minimum Gasteiger partial charge on any atom is -0.310 e. The number of aryl methyl sites for hydroxylation is 1. The summed E-state index contributed by atoms with van der Waals surface area (Å²) >= 11 is 1.96. The molecule has 0 saturated heterocycles. The van der Waals surface area contributed by atoms with Crippen LogP contribution in [0.15, 0.2) is 18.2 Å². The average molecular weight is 255 g/mol. The first-order valence-corrected chi connectivity index (χ1v) is 7.37. The number of thioether (sulfide) groups is 1. The van der Waals surface area contributed by atoms with Crippen LogP contribution >= 0.6 is 11.8 Å². The van der Waals surface area contributed by atoms with E-state index in [0.717, 1.165) is 18.5 Å². The van der Waals surface area contributed by atoms with Crippen molar-refractivity contribution in [1.29, 1.82) is 0 Å². The van der Waals surface area contributed by atoms with E-state index in [2.05, 4.69) is 19.2 Å². The lowest BCUT2D eigenvalue weighted by atomic mass is 10.1. The molecule has 0 heterocycles. The highest BCUT2D eigenvalue weighted by molar-refractivity contribution is 7.99. The van der Waals surface area contributed by atoms with Gasteiger partial charge in [0, 0.05) is 6.04 Å². The molecule has 0 spiro atoms.